The van der Waals surface area contributed by atoms with E-state index >= 15 is 8.78 Å². The summed E-state index contributed by atoms with van der Waals surface area (Å²) in [6.07, 6.45) is 1.72. The molecule has 0 saturated carbocycles. The third kappa shape index (κ3) is 8.42. The summed E-state index contributed by atoms with van der Waals surface area (Å²) in [6.45, 7) is 23.4. The molecule has 3 aromatic heterocycles. The zero-order valence-electron chi connectivity index (χ0n) is 32.6. The van der Waals surface area contributed by atoms with Gasteiger partial charge in [0.1, 0.15) is 22.9 Å². The molecule has 5 rings (SSSR count). The average Bonchev–Trinajstić information content (AvgIpc) is 3.03. The zero-order valence-corrected chi connectivity index (χ0v) is 34.4. The number of nitrogens with zero attached hydrogens (tertiary/aromatic N) is 6. The minimum atomic E-state index is -2.10. The Bertz CT molecular complexity index is 2060. The van der Waals surface area contributed by atoms with Gasteiger partial charge in [-0.15, -0.1) is 0 Å². The molecule has 0 radical (unpaired) electrons. The number of pyridine rings is 2. The van der Waals surface area contributed by atoms with Crippen molar-refractivity contribution < 1.29 is 22.7 Å². The average molecular weight is 769 g/mol. The van der Waals surface area contributed by atoms with Gasteiger partial charge >= 0.3 is 11.8 Å². The van der Waals surface area contributed by atoms with E-state index in [1.54, 1.807) is 31.9 Å². The molecule has 1 fully saturated rings. The molecule has 0 spiro atoms. The lowest BCUT2D eigenvalue weighted by molar-refractivity contribution is 0.0218. The monoisotopic (exact) mass is 768 g/mol. The topological polar surface area (TPSA) is 103 Å². The van der Waals surface area contributed by atoms with E-state index in [-0.39, 0.29) is 69.8 Å². The number of rotatable bonds is 8. The molecular formula is C39H51ClF2N6O4Si. The van der Waals surface area contributed by atoms with Gasteiger partial charge in [-0.05, 0) is 88.0 Å². The maximum absolute atomic E-state index is 16.3. The van der Waals surface area contributed by atoms with Crippen molar-refractivity contribution in [1.29, 1.82) is 0 Å². The number of piperazine rings is 1. The summed E-state index contributed by atoms with van der Waals surface area (Å²) < 4.78 is 45.2. The summed E-state index contributed by atoms with van der Waals surface area (Å²) >= 11 is 6.45. The van der Waals surface area contributed by atoms with E-state index < -0.39 is 37.3 Å². The van der Waals surface area contributed by atoms with E-state index in [1.807, 2.05) is 31.7 Å². The van der Waals surface area contributed by atoms with E-state index in [0.29, 0.717) is 24.4 Å². The fraction of sp³-hybridized carbons (Fsp3) is 0.513. The highest BCUT2D eigenvalue weighted by Gasteiger charge is 2.37. The Morgan fingerprint density at radius 2 is 1.75 bits per heavy atom. The molecule has 1 atom stereocenters. The fourth-order valence-corrected chi connectivity index (χ4v) is 7.52. The Labute approximate surface area is 316 Å². The molecule has 1 amide bonds. The summed E-state index contributed by atoms with van der Waals surface area (Å²) in [4.78, 5) is 45.0. The van der Waals surface area contributed by atoms with Crippen LogP contribution in [-0.2, 0) is 15.6 Å². The summed E-state index contributed by atoms with van der Waals surface area (Å²) in [6, 6.07) is 6.82. The van der Waals surface area contributed by atoms with Gasteiger partial charge in [0, 0.05) is 38.5 Å². The summed E-state index contributed by atoms with van der Waals surface area (Å²) in [5.41, 5.74) is 0.0378. The molecule has 0 N–H and O–H groups in total. The Hall–Kier alpha value is -3.94. The van der Waals surface area contributed by atoms with Crippen LogP contribution in [0.15, 0.2) is 41.3 Å². The van der Waals surface area contributed by atoms with Crippen LogP contribution >= 0.6 is 11.6 Å². The second-order valence-corrected chi connectivity index (χ2v) is 21.7. The number of fused-ring (bicyclic) bond motifs is 1. The molecule has 1 saturated heterocycles. The predicted molar refractivity (Wildman–Crippen MR) is 209 cm³/mol. The van der Waals surface area contributed by atoms with E-state index in [9.17, 15) is 9.59 Å². The van der Waals surface area contributed by atoms with E-state index in [1.165, 1.54) is 28.8 Å². The van der Waals surface area contributed by atoms with Crippen LogP contribution in [-0.4, -0.2) is 76.7 Å². The minimum Gasteiger partial charge on any atom is -0.444 e. The lowest BCUT2D eigenvalue weighted by Gasteiger charge is -2.41. The molecule has 1 aliphatic heterocycles. The van der Waals surface area contributed by atoms with Gasteiger partial charge in [-0.2, -0.15) is 4.98 Å². The van der Waals surface area contributed by atoms with Crippen LogP contribution in [0.2, 0.25) is 23.2 Å². The van der Waals surface area contributed by atoms with Gasteiger partial charge in [0.15, 0.2) is 19.8 Å². The van der Waals surface area contributed by atoms with Crippen molar-refractivity contribution in [2.45, 2.75) is 104 Å². The summed E-state index contributed by atoms with van der Waals surface area (Å²) in [7, 11) is -2.10. The predicted octanol–water partition coefficient (Wildman–Crippen LogP) is 8.91. The van der Waals surface area contributed by atoms with E-state index in [2.05, 4.69) is 38.8 Å². The maximum atomic E-state index is 16.3. The third-order valence-corrected chi connectivity index (χ3v) is 14.9. The molecule has 1 aliphatic rings. The molecule has 0 aliphatic carbocycles. The van der Waals surface area contributed by atoms with Gasteiger partial charge in [-0.3, -0.25) is 4.98 Å². The molecule has 1 aromatic carbocycles. The molecule has 286 valence electrons. The molecule has 1 unspecified atom stereocenters. The lowest BCUT2D eigenvalue weighted by atomic mass is 10.0. The van der Waals surface area contributed by atoms with Crippen LogP contribution in [0.5, 0.6) is 0 Å². The molecule has 53 heavy (non-hydrogen) atoms. The first-order valence-electron chi connectivity index (χ1n) is 18.1. The maximum Gasteiger partial charge on any atom is 0.410 e. The number of benzene rings is 1. The van der Waals surface area contributed by atoms with Crippen molar-refractivity contribution in [3.8, 4) is 16.9 Å². The number of ether oxygens (including phenoxy) is 1. The molecule has 10 nitrogen and oxygen atoms in total. The number of amides is 1. The fourth-order valence-electron chi connectivity index (χ4n) is 6.22. The van der Waals surface area contributed by atoms with Gasteiger partial charge in [0.2, 0.25) is 0 Å². The largest absolute Gasteiger partial charge is 0.444 e. The van der Waals surface area contributed by atoms with Crippen LogP contribution in [0.1, 0.15) is 79.5 Å². The van der Waals surface area contributed by atoms with Gasteiger partial charge in [0.25, 0.3) is 0 Å². The van der Waals surface area contributed by atoms with Crippen molar-refractivity contribution in [2.75, 3.05) is 31.1 Å². The first-order chi connectivity index (χ1) is 24.6. The number of halogens is 3. The normalized spacial score (nSPS) is 15.8. The van der Waals surface area contributed by atoms with E-state index in [0.717, 1.165) is 5.56 Å². The van der Waals surface area contributed by atoms with Gasteiger partial charge in [0.05, 0.1) is 27.4 Å². The Morgan fingerprint density at radius 1 is 1.06 bits per heavy atom. The molecule has 4 aromatic rings. The molecule has 4 heterocycles. The summed E-state index contributed by atoms with van der Waals surface area (Å²) in [5.74, 6) is -1.52. The van der Waals surface area contributed by atoms with Gasteiger partial charge in [-0.1, -0.05) is 52.3 Å². The van der Waals surface area contributed by atoms with Crippen molar-refractivity contribution in [2.24, 2.45) is 0 Å². The van der Waals surface area contributed by atoms with Gasteiger partial charge < -0.3 is 19.0 Å². The smallest absolute Gasteiger partial charge is 0.410 e. The van der Waals surface area contributed by atoms with Crippen molar-refractivity contribution in [3.05, 3.63) is 74.9 Å². The highest BCUT2D eigenvalue weighted by Crippen LogP contribution is 2.38. The van der Waals surface area contributed by atoms with Gasteiger partial charge in [-0.25, -0.2) is 27.9 Å². The highest BCUT2D eigenvalue weighted by molar-refractivity contribution is 6.74. The van der Waals surface area contributed by atoms with Crippen molar-refractivity contribution >= 4 is 42.9 Å². The summed E-state index contributed by atoms with van der Waals surface area (Å²) in [5, 5.41) is 0.203. The molecular weight excluding hydrogens is 718 g/mol. The second kappa shape index (κ2) is 15.1. The first-order valence-corrected chi connectivity index (χ1v) is 21.3. The molecule has 0 bridgehead atoms. The quantitative estimate of drug-likeness (QED) is 0.164. The third-order valence-electron chi connectivity index (χ3n) is 10.00. The second-order valence-electron chi connectivity index (χ2n) is 16.5. The number of anilines is 1. The van der Waals surface area contributed by atoms with Crippen LogP contribution in [0.4, 0.5) is 19.4 Å². The highest BCUT2D eigenvalue weighted by atomic mass is 35.5. The number of carbonyl (C=O) groups excluding carboxylic acids is 1. The Morgan fingerprint density at radius 3 is 2.36 bits per heavy atom. The standard InChI is InChI=1S/C39H51ClF2N6O4Si/c1-23(2)31-33(25(15-17-43-31)16-20-51-53(10,11)39(7,8)9)48-35-26(21-29(42)32(44-35)30-27(40)13-12-14-28(30)41)34(45-36(48)49)47-19-18-46(22-24(47)3)37(50)52-38(4,5)6/h12-15,17,21,23-24H,16,18-20,22H2,1-11H3. The SMILES string of the molecule is CC(C)c1nccc(CCO[Si](C)(C)C(C)(C)C)c1-n1c(=O)nc(N2CCN(C(=O)OC(C)(C)C)CC2C)c2cc(F)c(-c3c(F)cccc3Cl)nc21. The Balaban J connectivity index is 1.73. The van der Waals surface area contributed by atoms with Crippen LogP contribution in [0.25, 0.3) is 28.0 Å². The lowest BCUT2D eigenvalue weighted by Crippen LogP contribution is -2.55. The minimum absolute atomic E-state index is 0.00202. The zero-order chi connectivity index (χ0) is 39.2. The first kappa shape index (κ1) is 40.2. The van der Waals surface area contributed by atoms with Crippen molar-refractivity contribution in [3.63, 3.8) is 0 Å². The number of hydrogen-bond donors (Lipinski definition) is 0. The number of hydrogen-bond acceptors (Lipinski definition) is 8. The van der Waals surface area contributed by atoms with Crippen molar-refractivity contribution in [1.82, 2.24) is 24.4 Å². The van der Waals surface area contributed by atoms with Crippen LogP contribution in [0.3, 0.4) is 0 Å². The Kier molecular flexibility index (Phi) is 11.4. The van der Waals surface area contributed by atoms with Crippen LogP contribution in [0, 0.1) is 11.6 Å². The molecule has 14 heteroatoms. The van der Waals surface area contributed by atoms with Crippen LogP contribution < -0.4 is 10.6 Å². The van der Waals surface area contributed by atoms with E-state index in [4.69, 9.17) is 30.7 Å². The number of aromatic nitrogens is 4. The number of carbonyl (C=O) groups is 1.